The van der Waals surface area contributed by atoms with Crippen LogP contribution in [0.3, 0.4) is 0 Å². The standard InChI is InChI=1S/C11H18N2O2S2/c1-12-10-4-6-11(7-5-10)17(14,15)13(2)8-9-16-3/h4-7,12H,8-9H2,1-3H3. The molecule has 0 bridgehead atoms. The second-order valence-electron chi connectivity index (χ2n) is 3.59. The normalized spacial score (nSPS) is 11.8. The summed E-state index contributed by atoms with van der Waals surface area (Å²) in [6.45, 7) is 0.525. The summed E-state index contributed by atoms with van der Waals surface area (Å²) in [7, 11) is 0.0644. The van der Waals surface area contributed by atoms with Gasteiger partial charge in [-0.15, -0.1) is 0 Å². The average molecular weight is 274 g/mol. The maximum absolute atomic E-state index is 12.1. The largest absolute Gasteiger partial charge is 0.388 e. The molecule has 0 saturated heterocycles. The van der Waals surface area contributed by atoms with E-state index in [1.807, 2.05) is 6.26 Å². The fraction of sp³-hybridized carbons (Fsp3) is 0.455. The Labute approximate surface area is 107 Å². The lowest BCUT2D eigenvalue weighted by molar-refractivity contribution is 0.488. The zero-order valence-corrected chi connectivity index (χ0v) is 11.9. The number of nitrogens with one attached hydrogen (secondary N) is 1. The van der Waals surface area contributed by atoms with Gasteiger partial charge < -0.3 is 5.32 Å². The zero-order valence-electron chi connectivity index (χ0n) is 10.3. The second-order valence-corrected chi connectivity index (χ2v) is 6.62. The number of thioether (sulfide) groups is 1. The number of hydrogen-bond donors (Lipinski definition) is 1. The third kappa shape index (κ3) is 3.62. The molecule has 4 nitrogen and oxygen atoms in total. The van der Waals surface area contributed by atoms with Crippen LogP contribution in [0.4, 0.5) is 5.69 Å². The van der Waals surface area contributed by atoms with Crippen molar-refractivity contribution < 1.29 is 8.42 Å². The minimum absolute atomic E-state index is 0.333. The molecular formula is C11H18N2O2S2. The summed E-state index contributed by atoms with van der Waals surface area (Å²) in [6, 6.07) is 6.76. The highest BCUT2D eigenvalue weighted by atomic mass is 32.2. The number of anilines is 1. The Morgan fingerprint density at radius 1 is 1.29 bits per heavy atom. The van der Waals surface area contributed by atoms with Crippen molar-refractivity contribution in [2.24, 2.45) is 0 Å². The highest BCUT2D eigenvalue weighted by molar-refractivity contribution is 7.98. The van der Waals surface area contributed by atoms with Crippen molar-refractivity contribution in [1.29, 1.82) is 0 Å². The van der Waals surface area contributed by atoms with Crippen LogP contribution in [0.2, 0.25) is 0 Å². The SMILES string of the molecule is CNc1ccc(S(=O)(=O)N(C)CCSC)cc1. The van der Waals surface area contributed by atoms with E-state index in [1.165, 1.54) is 4.31 Å². The first-order valence-electron chi connectivity index (χ1n) is 5.25. The maximum Gasteiger partial charge on any atom is 0.242 e. The Bertz CT molecular complexity index is 443. The van der Waals surface area contributed by atoms with Gasteiger partial charge in [-0.05, 0) is 30.5 Å². The van der Waals surface area contributed by atoms with E-state index in [-0.39, 0.29) is 0 Å². The van der Waals surface area contributed by atoms with E-state index in [1.54, 1.807) is 50.1 Å². The van der Waals surface area contributed by atoms with Crippen molar-refractivity contribution in [3.63, 3.8) is 0 Å². The molecule has 96 valence electrons. The van der Waals surface area contributed by atoms with Crippen molar-refractivity contribution in [3.8, 4) is 0 Å². The van der Waals surface area contributed by atoms with Gasteiger partial charge in [0.25, 0.3) is 0 Å². The summed E-state index contributed by atoms with van der Waals surface area (Å²) in [4.78, 5) is 0.333. The lowest BCUT2D eigenvalue weighted by atomic mass is 10.3. The van der Waals surface area contributed by atoms with Crippen LogP contribution < -0.4 is 5.32 Å². The minimum atomic E-state index is -3.34. The van der Waals surface area contributed by atoms with E-state index in [9.17, 15) is 8.42 Å². The molecule has 0 fully saturated rings. The quantitative estimate of drug-likeness (QED) is 0.858. The van der Waals surface area contributed by atoms with Gasteiger partial charge in [-0.2, -0.15) is 11.8 Å². The van der Waals surface area contributed by atoms with Crippen LogP contribution in [0.5, 0.6) is 0 Å². The third-order valence-corrected chi connectivity index (χ3v) is 4.92. The Balaban J connectivity index is 2.88. The monoisotopic (exact) mass is 274 g/mol. The first kappa shape index (κ1) is 14.3. The lowest BCUT2D eigenvalue weighted by Gasteiger charge is -2.16. The van der Waals surface area contributed by atoms with E-state index >= 15 is 0 Å². The molecule has 0 aliphatic heterocycles. The molecule has 1 aromatic rings. The molecule has 0 amide bonds. The highest BCUT2D eigenvalue weighted by Gasteiger charge is 2.19. The second kappa shape index (κ2) is 6.28. The first-order valence-corrected chi connectivity index (χ1v) is 8.09. The van der Waals surface area contributed by atoms with E-state index in [0.29, 0.717) is 11.4 Å². The molecule has 0 saturated carbocycles. The first-order chi connectivity index (χ1) is 8.02. The average Bonchev–Trinajstić information content (AvgIpc) is 2.35. The van der Waals surface area contributed by atoms with E-state index < -0.39 is 10.0 Å². The van der Waals surface area contributed by atoms with Gasteiger partial charge in [0.1, 0.15) is 0 Å². The van der Waals surface area contributed by atoms with Crippen molar-refractivity contribution >= 4 is 27.5 Å². The molecule has 0 spiro atoms. The highest BCUT2D eigenvalue weighted by Crippen LogP contribution is 2.17. The Hall–Kier alpha value is -0.720. The molecule has 0 radical (unpaired) electrons. The lowest BCUT2D eigenvalue weighted by Crippen LogP contribution is -2.29. The van der Waals surface area contributed by atoms with Gasteiger partial charge >= 0.3 is 0 Å². The van der Waals surface area contributed by atoms with Crippen molar-refractivity contribution in [2.45, 2.75) is 4.90 Å². The molecule has 1 aromatic carbocycles. The molecule has 1 N–H and O–H groups in total. The molecule has 0 atom stereocenters. The smallest absolute Gasteiger partial charge is 0.242 e. The molecule has 0 aliphatic carbocycles. The fourth-order valence-corrected chi connectivity index (χ4v) is 3.06. The van der Waals surface area contributed by atoms with E-state index in [4.69, 9.17) is 0 Å². The Kier molecular flexibility index (Phi) is 5.30. The Morgan fingerprint density at radius 2 is 1.88 bits per heavy atom. The van der Waals surface area contributed by atoms with Gasteiger partial charge in [-0.3, -0.25) is 0 Å². The Morgan fingerprint density at radius 3 is 2.35 bits per heavy atom. The van der Waals surface area contributed by atoms with Crippen LogP contribution >= 0.6 is 11.8 Å². The van der Waals surface area contributed by atoms with Crippen LogP contribution in [-0.2, 0) is 10.0 Å². The summed E-state index contributed by atoms with van der Waals surface area (Å²) in [5.41, 5.74) is 0.899. The number of hydrogen-bond acceptors (Lipinski definition) is 4. The van der Waals surface area contributed by atoms with Gasteiger partial charge in [0.15, 0.2) is 0 Å². The number of sulfonamides is 1. The van der Waals surface area contributed by atoms with Crippen LogP contribution in [0.25, 0.3) is 0 Å². The zero-order chi connectivity index (χ0) is 12.9. The molecule has 0 unspecified atom stereocenters. The molecule has 6 heteroatoms. The van der Waals surface area contributed by atoms with Gasteiger partial charge in [-0.25, -0.2) is 12.7 Å². The number of benzene rings is 1. The van der Waals surface area contributed by atoms with Crippen LogP contribution in [0, 0.1) is 0 Å². The van der Waals surface area contributed by atoms with Gasteiger partial charge in [-0.1, -0.05) is 0 Å². The molecular weight excluding hydrogens is 256 g/mol. The van der Waals surface area contributed by atoms with Crippen molar-refractivity contribution in [2.75, 3.05) is 38.0 Å². The van der Waals surface area contributed by atoms with Crippen LogP contribution in [0.1, 0.15) is 0 Å². The van der Waals surface area contributed by atoms with Gasteiger partial charge in [0.05, 0.1) is 4.90 Å². The molecule has 0 aliphatic rings. The third-order valence-electron chi connectivity index (χ3n) is 2.46. The fourth-order valence-electron chi connectivity index (χ4n) is 1.31. The van der Waals surface area contributed by atoms with E-state index in [2.05, 4.69) is 5.32 Å². The predicted molar refractivity (Wildman–Crippen MR) is 74.2 cm³/mol. The van der Waals surface area contributed by atoms with Gasteiger partial charge in [0, 0.05) is 32.1 Å². The predicted octanol–water partition coefficient (Wildman–Crippen LogP) is 1.71. The minimum Gasteiger partial charge on any atom is -0.388 e. The van der Waals surface area contributed by atoms with Crippen molar-refractivity contribution in [3.05, 3.63) is 24.3 Å². The van der Waals surface area contributed by atoms with Gasteiger partial charge in [0.2, 0.25) is 10.0 Å². The van der Waals surface area contributed by atoms with Crippen LogP contribution in [-0.4, -0.2) is 45.4 Å². The summed E-state index contributed by atoms with van der Waals surface area (Å²) < 4.78 is 25.7. The summed E-state index contributed by atoms with van der Waals surface area (Å²) in [6.07, 6.45) is 1.96. The molecule has 0 aromatic heterocycles. The summed E-state index contributed by atoms with van der Waals surface area (Å²) in [5, 5.41) is 2.96. The van der Waals surface area contributed by atoms with Crippen molar-refractivity contribution in [1.82, 2.24) is 4.31 Å². The summed E-state index contributed by atoms with van der Waals surface area (Å²) in [5.74, 6) is 0.796. The molecule has 0 heterocycles. The summed E-state index contributed by atoms with van der Waals surface area (Å²) >= 11 is 1.63. The molecule has 17 heavy (non-hydrogen) atoms. The number of nitrogens with zero attached hydrogens (tertiary/aromatic N) is 1. The topological polar surface area (TPSA) is 49.4 Å². The van der Waals surface area contributed by atoms with E-state index in [0.717, 1.165) is 11.4 Å². The maximum atomic E-state index is 12.1. The van der Waals surface area contributed by atoms with Crippen LogP contribution in [0.15, 0.2) is 29.2 Å². The molecule has 1 rings (SSSR count). The number of rotatable bonds is 6.